The fraction of sp³-hybridized carbons (Fsp3) is 1.00. The molecule has 0 rings (SSSR count). The summed E-state index contributed by atoms with van der Waals surface area (Å²) in [7, 11) is 0. The Morgan fingerprint density at radius 3 is 1.37 bits per heavy atom. The maximum Gasteiger partial charge on any atom is 0.107 e. The normalized spacial score (nSPS) is 17.1. The number of ether oxygens (including phenoxy) is 4. The van der Waals surface area contributed by atoms with Crippen LogP contribution in [0.5, 0.6) is 0 Å². The minimum atomic E-state index is -1.54. The third-order valence-corrected chi connectivity index (χ3v) is 6.44. The van der Waals surface area contributed by atoms with E-state index in [1.165, 1.54) is 4.90 Å². The van der Waals surface area contributed by atoms with Crippen LogP contribution in [0.1, 0.15) is 47.0 Å². The molecule has 0 aliphatic rings. The van der Waals surface area contributed by atoms with Crippen LogP contribution in [-0.4, -0.2) is 168 Å². The third kappa shape index (κ3) is 20.9. The number of aliphatic hydroxyl groups excluding tert-OH is 8. The van der Waals surface area contributed by atoms with Crippen molar-refractivity contribution in [2.75, 3.05) is 85.7 Å². The van der Waals surface area contributed by atoms with E-state index in [0.29, 0.717) is 45.6 Å². The molecule has 13 nitrogen and oxygen atoms in total. The summed E-state index contributed by atoms with van der Waals surface area (Å²) in [5.41, 5.74) is 0.141. The fourth-order valence-corrected chi connectivity index (χ4v) is 4.49. The van der Waals surface area contributed by atoms with E-state index in [1.807, 2.05) is 0 Å². The van der Waals surface area contributed by atoms with E-state index in [4.69, 9.17) is 29.2 Å². The van der Waals surface area contributed by atoms with Crippen LogP contribution >= 0.6 is 0 Å². The van der Waals surface area contributed by atoms with Crippen LogP contribution in [0, 0.1) is 11.3 Å². The zero-order valence-electron chi connectivity index (χ0n) is 25.5. The lowest BCUT2D eigenvalue weighted by Gasteiger charge is -2.32. The predicted molar refractivity (Wildman–Crippen MR) is 152 cm³/mol. The Labute approximate surface area is 245 Å². The van der Waals surface area contributed by atoms with E-state index < -0.39 is 36.6 Å². The number of aliphatic hydroxyl groups is 8. The minimum absolute atomic E-state index is 0.119. The van der Waals surface area contributed by atoms with Crippen LogP contribution < -0.4 is 0 Å². The van der Waals surface area contributed by atoms with Crippen LogP contribution in [0.2, 0.25) is 0 Å². The Morgan fingerprint density at radius 2 is 0.976 bits per heavy atom. The Balaban J connectivity index is 4.32. The first kappa shape index (κ1) is 40.5. The highest BCUT2D eigenvalue weighted by atomic mass is 16.6. The lowest BCUT2D eigenvalue weighted by molar-refractivity contribution is -0.0945. The quantitative estimate of drug-likeness (QED) is 0.0475. The molecule has 0 spiro atoms. The van der Waals surface area contributed by atoms with Gasteiger partial charge in [0, 0.05) is 32.8 Å². The van der Waals surface area contributed by atoms with Gasteiger partial charge in [-0.15, -0.1) is 0 Å². The zero-order chi connectivity index (χ0) is 31.3. The molecule has 0 saturated carbocycles. The van der Waals surface area contributed by atoms with Crippen LogP contribution in [0.25, 0.3) is 0 Å². The molecule has 0 aliphatic carbocycles. The van der Waals surface area contributed by atoms with E-state index in [1.54, 1.807) is 0 Å². The van der Waals surface area contributed by atoms with Gasteiger partial charge in [-0.2, -0.15) is 0 Å². The largest absolute Gasteiger partial charge is 0.396 e. The van der Waals surface area contributed by atoms with Crippen LogP contribution in [-0.2, 0) is 18.9 Å². The molecule has 0 saturated heterocycles. The Hall–Kier alpha value is -0.520. The molecule has 0 aliphatic heterocycles. The van der Waals surface area contributed by atoms with Gasteiger partial charge in [-0.3, -0.25) is 4.90 Å². The van der Waals surface area contributed by atoms with Crippen molar-refractivity contribution in [1.29, 1.82) is 0 Å². The van der Waals surface area contributed by atoms with Gasteiger partial charge in [-0.1, -0.05) is 27.7 Å². The monoisotopic (exact) mass is 601 g/mol. The molecule has 0 aromatic heterocycles. The molecule has 0 amide bonds. The van der Waals surface area contributed by atoms with E-state index in [9.17, 15) is 30.6 Å². The lowest BCUT2D eigenvalue weighted by Crippen LogP contribution is -2.50. The van der Waals surface area contributed by atoms with Crippen molar-refractivity contribution in [2.45, 2.75) is 83.6 Å². The molecule has 0 aromatic carbocycles. The Kier molecular flexibility index (Phi) is 23.6. The Bertz CT molecular complexity index is 574. The molecule has 0 heterocycles. The van der Waals surface area contributed by atoms with Crippen LogP contribution in [0.3, 0.4) is 0 Å². The third-order valence-electron chi connectivity index (χ3n) is 6.44. The van der Waals surface area contributed by atoms with Gasteiger partial charge in [0.1, 0.15) is 12.2 Å². The van der Waals surface area contributed by atoms with Gasteiger partial charge in [0.2, 0.25) is 0 Å². The standard InChI is InChI=1S/C28H59NO12/c1-21(2)17-28(3,4)20-41-16-15-40-14-13-39-12-11-38-10-7-29(18-24(34)26(36)22(32)5-8-30)19-25(35)27(37)23(33)6-9-31/h21-27,30-37H,5-20H2,1-4H3. The molecule has 13 heteroatoms. The first-order valence-corrected chi connectivity index (χ1v) is 14.7. The SMILES string of the molecule is CC(C)CC(C)(C)COCCOCCOCCOCCN(CC(O)C(O)C(O)CCO)CC(O)C(O)C(O)CCO. The van der Waals surface area contributed by atoms with Crippen molar-refractivity contribution in [3.8, 4) is 0 Å². The molecule has 8 N–H and O–H groups in total. The van der Waals surface area contributed by atoms with E-state index in [-0.39, 0.29) is 64.3 Å². The van der Waals surface area contributed by atoms with Crippen molar-refractivity contribution in [3.63, 3.8) is 0 Å². The fourth-order valence-electron chi connectivity index (χ4n) is 4.49. The van der Waals surface area contributed by atoms with Gasteiger partial charge in [0.15, 0.2) is 0 Å². The molecular formula is C28H59NO12. The lowest BCUT2D eigenvalue weighted by atomic mass is 9.85. The predicted octanol–water partition coefficient (Wildman–Crippen LogP) is -1.64. The average Bonchev–Trinajstić information content (AvgIpc) is 2.89. The van der Waals surface area contributed by atoms with Crippen molar-refractivity contribution >= 4 is 0 Å². The molecule has 6 atom stereocenters. The van der Waals surface area contributed by atoms with E-state index in [0.717, 1.165) is 6.42 Å². The molecule has 0 radical (unpaired) electrons. The van der Waals surface area contributed by atoms with Crippen molar-refractivity contribution in [2.24, 2.45) is 11.3 Å². The highest BCUT2D eigenvalue weighted by molar-refractivity contribution is 4.82. The first-order chi connectivity index (χ1) is 19.3. The second kappa shape index (κ2) is 23.9. The molecule has 0 fully saturated rings. The molecule has 6 unspecified atom stereocenters. The van der Waals surface area contributed by atoms with E-state index >= 15 is 0 Å². The van der Waals surface area contributed by atoms with Gasteiger partial charge in [-0.05, 0) is 30.6 Å². The number of hydrogen-bond acceptors (Lipinski definition) is 13. The summed E-state index contributed by atoms with van der Waals surface area (Å²) in [6.45, 7) is 11.2. The molecule has 248 valence electrons. The number of rotatable bonds is 28. The van der Waals surface area contributed by atoms with E-state index in [2.05, 4.69) is 27.7 Å². The minimum Gasteiger partial charge on any atom is -0.396 e. The maximum atomic E-state index is 10.3. The first-order valence-electron chi connectivity index (χ1n) is 14.7. The van der Waals surface area contributed by atoms with Gasteiger partial charge < -0.3 is 59.8 Å². The van der Waals surface area contributed by atoms with Gasteiger partial charge in [-0.25, -0.2) is 0 Å². The van der Waals surface area contributed by atoms with Crippen molar-refractivity contribution in [1.82, 2.24) is 4.90 Å². The van der Waals surface area contributed by atoms with Crippen molar-refractivity contribution in [3.05, 3.63) is 0 Å². The molecular weight excluding hydrogens is 542 g/mol. The summed E-state index contributed by atoms with van der Waals surface area (Å²) in [6.07, 6.45) is -7.72. The average molecular weight is 602 g/mol. The zero-order valence-corrected chi connectivity index (χ0v) is 25.5. The highest BCUT2D eigenvalue weighted by Gasteiger charge is 2.30. The molecule has 0 bridgehead atoms. The van der Waals surface area contributed by atoms with Crippen LogP contribution in [0.15, 0.2) is 0 Å². The summed E-state index contributed by atoms with van der Waals surface area (Å²) in [4.78, 5) is 1.51. The molecule has 0 aromatic rings. The second-order valence-corrected chi connectivity index (χ2v) is 11.7. The maximum absolute atomic E-state index is 10.3. The van der Waals surface area contributed by atoms with Crippen LogP contribution in [0.4, 0.5) is 0 Å². The van der Waals surface area contributed by atoms with Gasteiger partial charge in [0.05, 0.1) is 77.3 Å². The summed E-state index contributed by atoms with van der Waals surface area (Å²) in [6, 6.07) is 0. The summed E-state index contributed by atoms with van der Waals surface area (Å²) in [5.74, 6) is 0.624. The van der Waals surface area contributed by atoms with Gasteiger partial charge >= 0.3 is 0 Å². The van der Waals surface area contributed by atoms with Crippen molar-refractivity contribution < 1.29 is 59.8 Å². The number of nitrogens with zero attached hydrogens (tertiary/aromatic N) is 1. The molecule has 41 heavy (non-hydrogen) atoms. The topological polar surface area (TPSA) is 202 Å². The highest BCUT2D eigenvalue weighted by Crippen LogP contribution is 2.25. The Morgan fingerprint density at radius 1 is 0.585 bits per heavy atom. The summed E-state index contributed by atoms with van der Waals surface area (Å²) in [5, 5.41) is 78.5. The van der Waals surface area contributed by atoms with Gasteiger partial charge in [0.25, 0.3) is 0 Å². The second-order valence-electron chi connectivity index (χ2n) is 11.7. The summed E-state index contributed by atoms with van der Waals surface area (Å²) < 4.78 is 22.3. The smallest absolute Gasteiger partial charge is 0.107 e. The number of hydrogen-bond donors (Lipinski definition) is 8. The summed E-state index contributed by atoms with van der Waals surface area (Å²) >= 11 is 0.